The van der Waals surface area contributed by atoms with Crippen LogP contribution in [0.25, 0.3) is 31.2 Å². The number of aromatic nitrogens is 2. The minimum Gasteiger partial charge on any atom is -0.398 e. The fraction of sp³-hybridized carbons (Fsp3) is 0.235. The fourth-order valence-electron chi connectivity index (χ4n) is 3.17. The van der Waals surface area contributed by atoms with Crippen molar-refractivity contribution < 1.29 is 0 Å². The van der Waals surface area contributed by atoms with Crippen molar-refractivity contribution in [2.75, 3.05) is 23.8 Å². The largest absolute Gasteiger partial charge is 0.398 e. The van der Waals surface area contributed by atoms with Crippen molar-refractivity contribution in [3.63, 3.8) is 0 Å². The number of hydrogen-bond acceptors (Lipinski definition) is 4. The summed E-state index contributed by atoms with van der Waals surface area (Å²) in [4.78, 5) is 13.8. The maximum Gasteiger partial charge on any atom is 0.180 e. The predicted molar refractivity (Wildman–Crippen MR) is 99.2 cm³/mol. The van der Waals surface area contributed by atoms with E-state index < -0.39 is 0 Å². The minimum absolute atomic E-state index is 0.0219. The maximum atomic E-state index is 11.7. The van der Waals surface area contributed by atoms with Crippen LogP contribution in [0.3, 0.4) is 0 Å². The van der Waals surface area contributed by atoms with Crippen molar-refractivity contribution in [1.82, 2.24) is 9.89 Å². The van der Waals surface area contributed by atoms with Crippen molar-refractivity contribution >= 4 is 48.2 Å². The topological polar surface area (TPSA) is 67.0 Å². The molecule has 0 saturated heterocycles. The normalized spacial score (nSPS) is 11.7. The third-order valence-corrected chi connectivity index (χ3v) is 5.51. The Morgan fingerprint density at radius 3 is 2.74 bits per heavy atom. The molecule has 4 aromatic rings. The van der Waals surface area contributed by atoms with Crippen LogP contribution in [0.2, 0.25) is 0 Å². The highest BCUT2D eigenvalue weighted by Crippen LogP contribution is 2.39. The molecule has 0 spiro atoms. The second kappa shape index (κ2) is 5.03. The smallest absolute Gasteiger partial charge is 0.180 e. The third-order valence-electron chi connectivity index (χ3n) is 4.31. The van der Waals surface area contributed by atoms with Crippen LogP contribution in [0.5, 0.6) is 0 Å². The Bertz CT molecular complexity index is 1080. The van der Waals surface area contributed by atoms with Crippen LogP contribution in [0, 0.1) is 0 Å². The first-order valence-corrected chi connectivity index (χ1v) is 8.56. The van der Waals surface area contributed by atoms with Crippen LogP contribution >= 0.6 is 11.3 Å². The van der Waals surface area contributed by atoms with E-state index in [-0.39, 0.29) is 5.43 Å². The molecule has 3 N–H and O–H groups in total. The number of rotatable bonds is 3. The SMILES string of the molecule is CCN(CC)n1[nH]c2c3ccc(=O)cc3sc3c(N)ccc1c32. The molecule has 0 aliphatic heterocycles. The Morgan fingerprint density at radius 2 is 2.00 bits per heavy atom. The van der Waals surface area contributed by atoms with Crippen LogP contribution < -0.4 is 16.2 Å². The summed E-state index contributed by atoms with van der Waals surface area (Å²) in [5, 5.41) is 7.92. The monoisotopic (exact) mass is 326 g/mol. The molecule has 0 aliphatic carbocycles. The van der Waals surface area contributed by atoms with Gasteiger partial charge in [-0.15, -0.1) is 11.3 Å². The zero-order valence-electron chi connectivity index (χ0n) is 13.1. The first-order valence-electron chi connectivity index (χ1n) is 7.74. The standard InChI is InChI=1S/C17H18N4OS/c1-3-20(4-2)21-13-8-7-12(18)17-15(13)16(19-21)11-6-5-10(22)9-14(11)23-17/h5-9,19H,3-4,18H2,1-2H3. The molecular formula is C17H18N4OS. The van der Waals surface area contributed by atoms with Gasteiger partial charge in [0, 0.05) is 40.3 Å². The lowest BCUT2D eigenvalue weighted by Gasteiger charge is -2.22. The quantitative estimate of drug-likeness (QED) is 0.448. The van der Waals surface area contributed by atoms with Crippen LogP contribution in [0.15, 0.2) is 35.1 Å². The minimum atomic E-state index is 0.0219. The summed E-state index contributed by atoms with van der Waals surface area (Å²) in [5.74, 6) is 0. The molecule has 4 rings (SSSR count). The van der Waals surface area contributed by atoms with Gasteiger partial charge in [0.05, 0.1) is 15.7 Å². The molecule has 5 nitrogen and oxygen atoms in total. The van der Waals surface area contributed by atoms with Crippen molar-refractivity contribution in [3.8, 4) is 0 Å². The van der Waals surface area contributed by atoms with Gasteiger partial charge in [0.25, 0.3) is 0 Å². The van der Waals surface area contributed by atoms with Crippen molar-refractivity contribution in [3.05, 3.63) is 40.6 Å². The molecule has 2 aromatic carbocycles. The summed E-state index contributed by atoms with van der Waals surface area (Å²) in [6, 6.07) is 9.19. The average molecular weight is 326 g/mol. The Labute approximate surface area is 136 Å². The van der Waals surface area contributed by atoms with Gasteiger partial charge in [0.1, 0.15) is 0 Å². The number of nitrogens with two attached hydrogens (primary N) is 1. The molecular weight excluding hydrogens is 308 g/mol. The Balaban J connectivity index is 2.24. The van der Waals surface area contributed by atoms with E-state index in [0.717, 1.165) is 50.0 Å². The highest BCUT2D eigenvalue weighted by atomic mass is 32.1. The summed E-state index contributed by atoms with van der Waals surface area (Å²) in [7, 11) is 0. The van der Waals surface area contributed by atoms with Gasteiger partial charge in [0.15, 0.2) is 5.43 Å². The summed E-state index contributed by atoms with van der Waals surface area (Å²) in [5.41, 5.74) is 9.12. The number of aromatic amines is 1. The Morgan fingerprint density at radius 1 is 1.22 bits per heavy atom. The number of hydrogen-bond donors (Lipinski definition) is 2. The molecule has 0 bridgehead atoms. The van der Waals surface area contributed by atoms with Crippen LogP contribution in [-0.4, -0.2) is 23.0 Å². The van der Waals surface area contributed by atoms with Crippen molar-refractivity contribution in [1.29, 1.82) is 0 Å². The number of benzene rings is 2. The zero-order chi connectivity index (χ0) is 16.1. The van der Waals surface area contributed by atoms with E-state index in [2.05, 4.69) is 34.8 Å². The number of H-pyrrole nitrogens is 1. The molecule has 0 amide bonds. The van der Waals surface area contributed by atoms with Crippen molar-refractivity contribution in [2.24, 2.45) is 0 Å². The predicted octanol–water partition coefficient (Wildman–Crippen LogP) is 3.26. The summed E-state index contributed by atoms with van der Waals surface area (Å²) < 4.78 is 1.98. The molecule has 0 fully saturated rings. The molecule has 118 valence electrons. The van der Waals surface area contributed by atoms with E-state index in [1.54, 1.807) is 23.5 Å². The van der Waals surface area contributed by atoms with Crippen molar-refractivity contribution in [2.45, 2.75) is 13.8 Å². The average Bonchev–Trinajstić information content (AvgIpc) is 2.92. The first kappa shape index (κ1) is 14.1. The van der Waals surface area contributed by atoms with E-state index in [1.807, 2.05) is 12.1 Å². The van der Waals surface area contributed by atoms with Gasteiger partial charge < -0.3 is 5.73 Å². The molecule has 0 radical (unpaired) electrons. The lowest BCUT2D eigenvalue weighted by molar-refractivity contribution is 0.579. The summed E-state index contributed by atoms with van der Waals surface area (Å²) in [6.07, 6.45) is 0. The zero-order valence-corrected chi connectivity index (χ0v) is 13.9. The van der Waals surface area contributed by atoms with E-state index in [9.17, 15) is 4.79 Å². The van der Waals surface area contributed by atoms with Crippen LogP contribution in [0.4, 0.5) is 5.69 Å². The van der Waals surface area contributed by atoms with Gasteiger partial charge in [0.2, 0.25) is 0 Å². The van der Waals surface area contributed by atoms with Gasteiger partial charge >= 0.3 is 0 Å². The fourth-order valence-corrected chi connectivity index (χ4v) is 4.34. The second-order valence-electron chi connectivity index (χ2n) is 5.58. The highest BCUT2D eigenvalue weighted by molar-refractivity contribution is 7.25. The first-order chi connectivity index (χ1) is 11.1. The number of anilines is 1. The molecule has 0 atom stereocenters. The number of nitrogens with zero attached hydrogens (tertiary/aromatic N) is 2. The third kappa shape index (κ3) is 1.95. The second-order valence-corrected chi connectivity index (χ2v) is 6.63. The molecule has 0 aliphatic rings. The molecule has 2 heterocycles. The molecule has 6 heteroatoms. The van der Waals surface area contributed by atoms with Gasteiger partial charge in [-0.1, -0.05) is 0 Å². The summed E-state index contributed by atoms with van der Waals surface area (Å²) in [6.45, 7) is 6.06. The number of nitrogens with one attached hydrogen (secondary N) is 1. The summed E-state index contributed by atoms with van der Waals surface area (Å²) >= 11 is 1.58. The van der Waals surface area contributed by atoms with Gasteiger partial charge in [-0.3, -0.25) is 14.9 Å². The lowest BCUT2D eigenvalue weighted by atomic mass is 10.1. The molecule has 23 heavy (non-hydrogen) atoms. The lowest BCUT2D eigenvalue weighted by Crippen LogP contribution is -2.34. The molecule has 0 unspecified atom stereocenters. The van der Waals surface area contributed by atoms with E-state index in [0.29, 0.717) is 0 Å². The highest BCUT2D eigenvalue weighted by Gasteiger charge is 2.17. The maximum absolute atomic E-state index is 11.7. The molecule has 2 aromatic heterocycles. The van der Waals surface area contributed by atoms with Gasteiger partial charge in [-0.25, -0.2) is 0 Å². The van der Waals surface area contributed by atoms with E-state index in [1.165, 1.54) is 0 Å². The van der Waals surface area contributed by atoms with Crippen LogP contribution in [0.1, 0.15) is 13.8 Å². The number of fused-ring (bicyclic) bond motifs is 2. The Hall–Kier alpha value is -2.47. The van der Waals surface area contributed by atoms with Gasteiger partial charge in [-0.05, 0) is 38.1 Å². The molecule has 0 saturated carbocycles. The van der Waals surface area contributed by atoms with Crippen LogP contribution in [-0.2, 0) is 0 Å². The number of nitrogen functional groups attached to an aromatic ring is 1. The van der Waals surface area contributed by atoms with E-state index >= 15 is 0 Å². The Kier molecular flexibility index (Phi) is 3.09. The van der Waals surface area contributed by atoms with Gasteiger partial charge in [-0.2, -0.15) is 4.79 Å². The van der Waals surface area contributed by atoms with E-state index in [4.69, 9.17) is 5.73 Å².